The average Bonchev–Trinajstić information content (AvgIpc) is 3.23. The highest BCUT2D eigenvalue weighted by Crippen LogP contribution is 2.20. The van der Waals surface area contributed by atoms with Gasteiger partial charge >= 0.3 is 0 Å². The van der Waals surface area contributed by atoms with E-state index < -0.39 is 6.10 Å². The van der Waals surface area contributed by atoms with E-state index in [1.165, 1.54) is 21.9 Å². The first-order valence-electron chi connectivity index (χ1n) is 10.2. The number of rotatable bonds is 8. The van der Waals surface area contributed by atoms with Crippen molar-refractivity contribution in [2.24, 2.45) is 0 Å². The lowest BCUT2D eigenvalue weighted by atomic mass is 10.2. The molecule has 8 nitrogen and oxygen atoms in total. The van der Waals surface area contributed by atoms with E-state index in [1.807, 2.05) is 25.1 Å². The van der Waals surface area contributed by atoms with Crippen molar-refractivity contribution in [1.29, 1.82) is 0 Å². The molecule has 0 spiro atoms. The van der Waals surface area contributed by atoms with Gasteiger partial charge in [-0.1, -0.05) is 42.5 Å². The number of anilines is 1. The summed E-state index contributed by atoms with van der Waals surface area (Å²) in [6.07, 6.45) is 0.0746. The van der Waals surface area contributed by atoms with Gasteiger partial charge in [-0.15, -0.1) is 0 Å². The quantitative estimate of drug-likeness (QED) is 0.440. The molecule has 1 atom stereocenters. The van der Waals surface area contributed by atoms with Crippen molar-refractivity contribution in [3.8, 4) is 11.5 Å². The van der Waals surface area contributed by atoms with E-state index in [-0.39, 0.29) is 18.1 Å². The molecule has 2 heterocycles. The summed E-state index contributed by atoms with van der Waals surface area (Å²) in [5.74, 6) is 0.891. The molecule has 0 aliphatic rings. The highest BCUT2D eigenvalue weighted by molar-refractivity contribution is 7.16. The third-order valence-electron chi connectivity index (χ3n) is 4.56. The van der Waals surface area contributed by atoms with Crippen LogP contribution >= 0.6 is 11.3 Å². The van der Waals surface area contributed by atoms with Gasteiger partial charge in [-0.25, -0.2) is 4.98 Å². The van der Waals surface area contributed by atoms with Gasteiger partial charge in [0.25, 0.3) is 11.5 Å². The number of amides is 1. The summed E-state index contributed by atoms with van der Waals surface area (Å²) in [7, 11) is 0. The van der Waals surface area contributed by atoms with Crippen molar-refractivity contribution in [2.45, 2.75) is 33.0 Å². The number of para-hydroxylation sites is 1. The monoisotopic (exact) mass is 450 g/mol. The van der Waals surface area contributed by atoms with Gasteiger partial charge in [-0.3, -0.25) is 9.59 Å². The molecule has 1 amide bonds. The minimum atomic E-state index is -0.668. The van der Waals surface area contributed by atoms with Gasteiger partial charge in [0.05, 0.1) is 5.69 Å². The average molecular weight is 451 g/mol. The summed E-state index contributed by atoms with van der Waals surface area (Å²) in [5, 5.41) is 7.91. The summed E-state index contributed by atoms with van der Waals surface area (Å²) in [6.45, 7) is 3.79. The molecule has 0 radical (unpaired) electrons. The van der Waals surface area contributed by atoms with E-state index in [0.717, 1.165) is 11.4 Å². The Balaban J connectivity index is 1.39. The Morgan fingerprint density at radius 2 is 1.91 bits per heavy atom. The maximum Gasteiger partial charge on any atom is 0.275 e. The van der Waals surface area contributed by atoms with Crippen LogP contribution in [-0.2, 0) is 17.8 Å². The second-order valence-electron chi connectivity index (χ2n) is 7.01. The van der Waals surface area contributed by atoms with Crippen LogP contribution in [-0.4, -0.2) is 26.6 Å². The molecule has 1 unspecified atom stereocenters. The normalized spacial score (nSPS) is 11.8. The molecule has 164 valence electrons. The zero-order valence-corrected chi connectivity index (χ0v) is 18.5. The predicted molar refractivity (Wildman–Crippen MR) is 122 cm³/mol. The number of carbonyl (C=O) groups is 1. The van der Waals surface area contributed by atoms with Gasteiger partial charge in [-0.05, 0) is 37.6 Å². The Morgan fingerprint density at radius 3 is 2.69 bits per heavy atom. The van der Waals surface area contributed by atoms with E-state index in [2.05, 4.69) is 15.4 Å². The SMILES string of the molecule is CCc1nn2c(=O)cc(COc3cccc(NC(=O)C(C)Oc4ccccc4)c3)nc2s1. The number of aryl methyl sites for hydroxylation is 1. The zero-order chi connectivity index (χ0) is 22.5. The van der Waals surface area contributed by atoms with Crippen molar-refractivity contribution in [3.63, 3.8) is 0 Å². The van der Waals surface area contributed by atoms with Crippen molar-refractivity contribution in [1.82, 2.24) is 14.6 Å². The van der Waals surface area contributed by atoms with Crippen LogP contribution in [0.25, 0.3) is 4.96 Å². The van der Waals surface area contributed by atoms with Crippen molar-refractivity contribution in [2.75, 3.05) is 5.32 Å². The number of aromatic nitrogens is 3. The first-order chi connectivity index (χ1) is 15.5. The molecule has 4 aromatic rings. The minimum absolute atomic E-state index is 0.121. The molecule has 1 N–H and O–H groups in total. The van der Waals surface area contributed by atoms with E-state index in [0.29, 0.717) is 27.8 Å². The maximum absolute atomic E-state index is 12.5. The number of benzene rings is 2. The molecule has 0 bridgehead atoms. The Morgan fingerprint density at radius 1 is 1.12 bits per heavy atom. The molecule has 0 aliphatic heterocycles. The summed E-state index contributed by atoms with van der Waals surface area (Å²) < 4.78 is 12.8. The van der Waals surface area contributed by atoms with Gasteiger partial charge in [0, 0.05) is 17.8 Å². The number of nitrogens with one attached hydrogen (secondary N) is 1. The Labute approximate surface area is 188 Å². The lowest BCUT2D eigenvalue weighted by molar-refractivity contribution is -0.122. The number of fused-ring (bicyclic) bond motifs is 1. The second-order valence-corrected chi connectivity index (χ2v) is 8.05. The minimum Gasteiger partial charge on any atom is -0.487 e. The van der Waals surface area contributed by atoms with E-state index >= 15 is 0 Å². The number of hydrogen-bond donors (Lipinski definition) is 1. The number of nitrogens with zero attached hydrogens (tertiary/aromatic N) is 3. The van der Waals surface area contributed by atoms with Crippen LogP contribution in [0.5, 0.6) is 11.5 Å². The fourth-order valence-corrected chi connectivity index (χ4v) is 3.79. The Bertz CT molecular complexity index is 1290. The topological polar surface area (TPSA) is 94.8 Å². The maximum atomic E-state index is 12.5. The van der Waals surface area contributed by atoms with Crippen LogP contribution in [0.15, 0.2) is 65.5 Å². The summed E-state index contributed by atoms with van der Waals surface area (Å²) in [6, 6.07) is 17.6. The molecule has 2 aromatic carbocycles. The molecular weight excluding hydrogens is 428 g/mol. The molecule has 0 aliphatic carbocycles. The number of carbonyl (C=O) groups excluding carboxylic acids is 1. The molecule has 0 saturated heterocycles. The molecule has 32 heavy (non-hydrogen) atoms. The van der Waals surface area contributed by atoms with Crippen LogP contribution in [0, 0.1) is 0 Å². The van der Waals surface area contributed by atoms with Crippen LogP contribution < -0.4 is 20.3 Å². The molecular formula is C23H22N4O4S. The lowest BCUT2D eigenvalue weighted by Gasteiger charge is -2.15. The summed E-state index contributed by atoms with van der Waals surface area (Å²) >= 11 is 1.39. The van der Waals surface area contributed by atoms with Gasteiger partial charge in [0.1, 0.15) is 23.1 Å². The fraction of sp³-hybridized carbons (Fsp3) is 0.217. The van der Waals surface area contributed by atoms with Crippen molar-refractivity contribution >= 4 is 27.9 Å². The number of ether oxygens (including phenoxy) is 2. The molecule has 9 heteroatoms. The zero-order valence-electron chi connectivity index (χ0n) is 17.6. The highest BCUT2D eigenvalue weighted by atomic mass is 32.1. The van der Waals surface area contributed by atoms with Crippen LogP contribution in [0.2, 0.25) is 0 Å². The van der Waals surface area contributed by atoms with E-state index in [1.54, 1.807) is 43.3 Å². The first kappa shape index (κ1) is 21.5. The van der Waals surface area contributed by atoms with Crippen LogP contribution in [0.4, 0.5) is 5.69 Å². The number of hydrogen-bond acceptors (Lipinski definition) is 7. The van der Waals surface area contributed by atoms with Gasteiger partial charge in [0.2, 0.25) is 4.96 Å². The van der Waals surface area contributed by atoms with Crippen molar-refractivity contribution < 1.29 is 14.3 Å². The predicted octanol–water partition coefficient (Wildman–Crippen LogP) is 3.70. The van der Waals surface area contributed by atoms with E-state index in [9.17, 15) is 9.59 Å². The lowest BCUT2D eigenvalue weighted by Crippen LogP contribution is -2.30. The van der Waals surface area contributed by atoms with E-state index in [4.69, 9.17) is 9.47 Å². The molecule has 4 rings (SSSR count). The third-order valence-corrected chi connectivity index (χ3v) is 5.61. The summed E-state index contributed by atoms with van der Waals surface area (Å²) in [4.78, 5) is 29.7. The second kappa shape index (κ2) is 9.61. The van der Waals surface area contributed by atoms with Gasteiger partial charge in [0.15, 0.2) is 6.10 Å². The molecule has 0 saturated carbocycles. The highest BCUT2D eigenvalue weighted by Gasteiger charge is 2.15. The third kappa shape index (κ3) is 5.12. The standard InChI is InChI=1S/C23H22N4O4S/c1-3-20-26-27-21(28)13-17(25-23(27)32-20)14-30-19-11-7-8-16(12-19)24-22(29)15(2)31-18-9-5-4-6-10-18/h4-13,15H,3,14H2,1-2H3,(H,24,29). The fourth-order valence-electron chi connectivity index (χ4n) is 2.93. The Hall–Kier alpha value is -3.72. The largest absolute Gasteiger partial charge is 0.487 e. The summed E-state index contributed by atoms with van der Waals surface area (Å²) in [5.41, 5.74) is 0.855. The molecule has 0 fully saturated rings. The van der Waals surface area contributed by atoms with Crippen LogP contribution in [0.3, 0.4) is 0 Å². The van der Waals surface area contributed by atoms with Crippen LogP contribution in [0.1, 0.15) is 24.5 Å². The smallest absolute Gasteiger partial charge is 0.275 e. The van der Waals surface area contributed by atoms with Gasteiger partial charge in [-0.2, -0.15) is 9.61 Å². The Kier molecular flexibility index (Phi) is 6.46. The molecule has 2 aromatic heterocycles. The van der Waals surface area contributed by atoms with Gasteiger partial charge < -0.3 is 14.8 Å². The first-order valence-corrected chi connectivity index (χ1v) is 11.0. The van der Waals surface area contributed by atoms with Crippen molar-refractivity contribution in [3.05, 3.63) is 81.7 Å².